The van der Waals surface area contributed by atoms with Gasteiger partial charge < -0.3 is 24.8 Å². The largest absolute Gasteiger partial charge is 1.00 e. The monoisotopic (exact) mass is 632 g/mol. The molecule has 0 saturated carbocycles. The first-order valence-electron chi connectivity index (χ1n) is 13.4. The summed E-state index contributed by atoms with van der Waals surface area (Å²) in [6.45, 7) is 19.6. The van der Waals surface area contributed by atoms with Crippen LogP contribution in [0.1, 0.15) is 72.9 Å². The first kappa shape index (κ1) is 29.5. The third-order valence-corrected chi connectivity index (χ3v) is 26.1. The second kappa shape index (κ2) is 10.9. The first-order valence-corrected chi connectivity index (χ1v) is 22.0. The average Bonchev–Trinajstić information content (AvgIpc) is 3.26. The van der Waals surface area contributed by atoms with Crippen LogP contribution >= 0.6 is 0 Å². The SMILES string of the molecule is CC1=[C]([Zr+2]([C]2=C(C)C(C)c3ccc4c(C)cccc4c32)=[Si](C)C)c2c(ccc3c(C)cccc23)C1C.[Cl-].[Cl-]. The van der Waals surface area contributed by atoms with Gasteiger partial charge in [0, 0.05) is 0 Å². The molecule has 4 heteroatoms. The van der Waals surface area contributed by atoms with Gasteiger partial charge in [0.1, 0.15) is 0 Å². The van der Waals surface area contributed by atoms with Gasteiger partial charge in [-0.15, -0.1) is 0 Å². The molecule has 2 aliphatic rings. The summed E-state index contributed by atoms with van der Waals surface area (Å²) in [5.74, 6) is 1.04. The molecule has 0 heterocycles. The second-order valence-corrected chi connectivity index (χ2v) is 28.0. The minimum absolute atomic E-state index is 0. The van der Waals surface area contributed by atoms with E-state index in [0.29, 0.717) is 11.8 Å². The molecule has 0 radical (unpaired) electrons. The normalized spacial score (nSPS) is 17.7. The Bertz CT molecular complexity index is 1600. The van der Waals surface area contributed by atoms with Gasteiger partial charge in [0.2, 0.25) is 0 Å². The van der Waals surface area contributed by atoms with E-state index in [1.807, 2.05) is 6.56 Å². The minimum atomic E-state index is -2.27. The van der Waals surface area contributed by atoms with E-state index in [-0.39, 0.29) is 24.8 Å². The molecule has 2 aliphatic carbocycles. The number of benzene rings is 4. The van der Waals surface area contributed by atoms with E-state index < -0.39 is 25.8 Å². The van der Waals surface area contributed by atoms with E-state index in [1.54, 1.807) is 33.4 Å². The third kappa shape index (κ3) is 4.17. The van der Waals surface area contributed by atoms with Crippen LogP contribution in [0.4, 0.5) is 0 Å². The topological polar surface area (TPSA) is 0 Å². The molecule has 0 N–H and O–H groups in total. The fourth-order valence-corrected chi connectivity index (χ4v) is 25.3. The van der Waals surface area contributed by atoms with Crippen molar-refractivity contribution < 1.29 is 45.2 Å². The minimum Gasteiger partial charge on any atom is -1.00 e. The van der Waals surface area contributed by atoms with E-state index >= 15 is 0 Å². The van der Waals surface area contributed by atoms with Gasteiger partial charge in [-0.05, 0) is 0 Å². The van der Waals surface area contributed by atoms with E-state index in [0.717, 1.165) is 0 Å². The number of hydrogen-bond acceptors (Lipinski definition) is 0. The van der Waals surface area contributed by atoms with Gasteiger partial charge in [-0.25, -0.2) is 0 Å². The molecule has 0 aliphatic heterocycles. The van der Waals surface area contributed by atoms with Crippen molar-refractivity contribution in [1.82, 2.24) is 0 Å². The smallest absolute Gasteiger partial charge is 1.00 e. The van der Waals surface area contributed by atoms with Crippen molar-refractivity contribution in [2.75, 3.05) is 0 Å². The van der Waals surface area contributed by atoms with Crippen molar-refractivity contribution in [3.05, 3.63) is 105 Å². The van der Waals surface area contributed by atoms with Crippen molar-refractivity contribution in [1.29, 1.82) is 0 Å². The van der Waals surface area contributed by atoms with Gasteiger partial charge in [-0.3, -0.25) is 0 Å². The van der Waals surface area contributed by atoms with Crippen molar-refractivity contribution in [3.8, 4) is 0 Å². The molecule has 0 fully saturated rings. The van der Waals surface area contributed by atoms with Crippen LogP contribution in [-0.2, 0) is 20.4 Å². The van der Waals surface area contributed by atoms with E-state index in [4.69, 9.17) is 0 Å². The Hall–Kier alpha value is -1.44. The number of aryl methyl sites for hydroxylation is 2. The standard InChI is InChI=1S/2C16H15.C2H6Si.2ClH.Zr/c2*1-10-5-4-6-15-13(10)7-8-14-12(3)11(2)9-16(14)15;1-3-2;;;/h2*4-8,12H,1-3H3;1-2H3;2*1H;/q;;;;;+2/p-2. The predicted octanol–water partition coefficient (Wildman–Crippen LogP) is 3.88. The molecule has 0 amide bonds. The molecule has 0 bridgehead atoms. The number of fused-ring (bicyclic) bond motifs is 6. The first-order chi connectivity index (χ1) is 17.2. The van der Waals surface area contributed by atoms with Crippen molar-refractivity contribution >= 4 is 33.5 Å². The van der Waals surface area contributed by atoms with Gasteiger partial charge >= 0.3 is 226 Å². The Balaban J connectivity index is 0.00000168. The zero-order valence-electron chi connectivity index (χ0n) is 23.7. The fourth-order valence-electron chi connectivity index (χ4n) is 6.91. The molecule has 0 spiro atoms. The van der Waals surface area contributed by atoms with Crippen LogP contribution in [0.3, 0.4) is 0 Å². The van der Waals surface area contributed by atoms with Gasteiger partial charge in [0.05, 0.1) is 0 Å². The molecule has 0 nitrogen and oxygen atoms in total. The zero-order chi connectivity index (χ0) is 25.5. The molecule has 4 aromatic rings. The molecule has 4 aromatic carbocycles. The maximum atomic E-state index is 2.62. The van der Waals surface area contributed by atoms with Gasteiger partial charge in [-0.2, -0.15) is 0 Å². The van der Waals surface area contributed by atoms with Crippen molar-refractivity contribution in [2.45, 2.75) is 66.5 Å². The molecular weight excluding hydrogens is 599 g/mol. The fraction of sp³-hybridized carbons (Fsp3) is 0.294. The molecule has 2 atom stereocenters. The summed E-state index contributed by atoms with van der Waals surface area (Å²) in [6.07, 6.45) is 0. The molecule has 0 saturated heterocycles. The van der Waals surface area contributed by atoms with Crippen LogP contribution in [0, 0.1) is 13.8 Å². The number of allylic oxidation sites excluding steroid dienone is 2. The molecular formula is C34H36Cl2SiZr. The van der Waals surface area contributed by atoms with Gasteiger partial charge in [0.15, 0.2) is 0 Å². The maximum Gasteiger partial charge on any atom is -1.00 e. The van der Waals surface area contributed by atoms with Crippen LogP contribution in [-0.4, -0.2) is 5.43 Å². The van der Waals surface area contributed by atoms with Crippen LogP contribution < -0.4 is 24.8 Å². The summed E-state index contributed by atoms with van der Waals surface area (Å²) in [6, 6.07) is 23.6. The predicted molar refractivity (Wildman–Crippen MR) is 157 cm³/mol. The summed E-state index contributed by atoms with van der Waals surface area (Å²) in [4.78, 5) is 0. The second-order valence-electron chi connectivity index (χ2n) is 11.3. The number of hydrogen-bond donors (Lipinski definition) is 0. The van der Waals surface area contributed by atoms with Crippen molar-refractivity contribution in [2.24, 2.45) is 0 Å². The van der Waals surface area contributed by atoms with Crippen LogP contribution in [0.5, 0.6) is 0 Å². The quantitative estimate of drug-likeness (QED) is 0.294. The van der Waals surface area contributed by atoms with Crippen molar-refractivity contribution in [3.63, 3.8) is 0 Å². The molecule has 0 aromatic heterocycles. The summed E-state index contributed by atoms with van der Waals surface area (Å²) in [5.41, 5.74) is 12.0. The zero-order valence-corrected chi connectivity index (χ0v) is 28.7. The van der Waals surface area contributed by atoms with Gasteiger partial charge in [-0.1, -0.05) is 0 Å². The Morgan fingerprint density at radius 1 is 0.553 bits per heavy atom. The Morgan fingerprint density at radius 3 is 1.32 bits per heavy atom. The Labute approximate surface area is 248 Å². The summed E-state index contributed by atoms with van der Waals surface area (Å²) in [7, 11) is 0. The number of halogens is 2. The maximum absolute atomic E-state index is 2.62. The molecule has 194 valence electrons. The number of rotatable bonds is 2. The van der Waals surface area contributed by atoms with E-state index in [2.05, 4.69) is 115 Å². The Kier molecular flexibility index (Phi) is 8.44. The summed E-state index contributed by atoms with van der Waals surface area (Å²) >= 11 is -2.27. The van der Waals surface area contributed by atoms with Gasteiger partial charge in [0.25, 0.3) is 0 Å². The Morgan fingerprint density at radius 2 is 0.947 bits per heavy atom. The molecule has 6 rings (SSSR count). The third-order valence-electron chi connectivity index (χ3n) is 9.14. The van der Waals surface area contributed by atoms with E-state index in [1.165, 1.54) is 32.7 Å². The summed E-state index contributed by atoms with van der Waals surface area (Å²) in [5, 5.41) is 5.86. The average molecular weight is 635 g/mol. The van der Waals surface area contributed by atoms with Crippen LogP contribution in [0.15, 0.2) is 71.8 Å². The molecule has 2 unspecified atom stereocenters. The van der Waals surface area contributed by atoms with Crippen LogP contribution in [0.25, 0.3) is 28.1 Å². The molecule has 38 heavy (non-hydrogen) atoms. The van der Waals surface area contributed by atoms with Crippen LogP contribution in [0.2, 0.25) is 13.1 Å². The summed E-state index contributed by atoms with van der Waals surface area (Å²) < 4.78 is 3.66. The van der Waals surface area contributed by atoms with E-state index in [9.17, 15) is 0 Å².